The molecule has 110 valence electrons. The number of benzene rings is 1. The summed E-state index contributed by atoms with van der Waals surface area (Å²) in [5, 5.41) is 4.03. The molecule has 0 spiro atoms. The van der Waals surface area contributed by atoms with Crippen molar-refractivity contribution in [3.8, 4) is 5.75 Å². The van der Waals surface area contributed by atoms with Crippen LogP contribution < -0.4 is 21.4 Å². The van der Waals surface area contributed by atoms with E-state index in [4.69, 9.17) is 4.74 Å². The Hall–Kier alpha value is -2.83. The zero-order valence-electron chi connectivity index (χ0n) is 12.0. The van der Waals surface area contributed by atoms with Crippen molar-refractivity contribution < 1.29 is 4.74 Å². The Kier molecular flexibility index (Phi) is 4.22. The normalized spacial score (nSPS) is 10.8. The van der Waals surface area contributed by atoms with Crippen LogP contribution in [-0.2, 0) is 14.1 Å². The Morgan fingerprint density at radius 3 is 2.62 bits per heavy atom. The molecule has 0 aliphatic carbocycles. The number of hydrogen-bond acceptors (Lipinski definition) is 5. The topological polar surface area (TPSA) is 77.6 Å². The molecular weight excluding hydrogens is 272 g/mol. The highest BCUT2D eigenvalue weighted by Gasteiger charge is 2.04. The number of para-hydroxylation sites is 1. The van der Waals surface area contributed by atoms with Crippen LogP contribution in [-0.4, -0.2) is 22.5 Å². The summed E-state index contributed by atoms with van der Waals surface area (Å²) in [4.78, 5) is 23.3. The average Bonchev–Trinajstić information content (AvgIpc) is 2.50. The zero-order chi connectivity index (χ0) is 15.4. The summed E-state index contributed by atoms with van der Waals surface area (Å²) in [5.41, 5.74) is 2.65. The van der Waals surface area contributed by atoms with Gasteiger partial charge in [-0.05, 0) is 12.1 Å². The first-order chi connectivity index (χ1) is 10.0. The predicted molar refractivity (Wildman–Crippen MR) is 81.1 cm³/mol. The Balaban J connectivity index is 2.26. The van der Waals surface area contributed by atoms with Gasteiger partial charge in [-0.25, -0.2) is 4.79 Å². The molecule has 0 saturated carbocycles. The van der Waals surface area contributed by atoms with Crippen LogP contribution in [0.4, 0.5) is 5.82 Å². The summed E-state index contributed by atoms with van der Waals surface area (Å²) < 4.78 is 7.53. The molecule has 21 heavy (non-hydrogen) atoms. The first-order valence-electron chi connectivity index (χ1n) is 6.23. The maximum Gasteiger partial charge on any atom is 0.332 e. The van der Waals surface area contributed by atoms with E-state index in [1.54, 1.807) is 20.4 Å². The molecule has 2 rings (SSSR count). The van der Waals surface area contributed by atoms with Gasteiger partial charge in [0.15, 0.2) is 0 Å². The number of aromatic nitrogens is 2. The lowest BCUT2D eigenvalue weighted by molar-refractivity contribution is 0.414. The molecule has 7 nitrogen and oxygen atoms in total. The smallest absolute Gasteiger partial charge is 0.332 e. The molecule has 2 aromatic rings. The summed E-state index contributed by atoms with van der Waals surface area (Å²) in [5.74, 6) is 0.996. The number of anilines is 1. The number of rotatable bonds is 4. The summed E-state index contributed by atoms with van der Waals surface area (Å²) >= 11 is 0. The molecular formula is C14H16N4O3. The summed E-state index contributed by atoms with van der Waals surface area (Å²) in [6.45, 7) is 0. The third-order valence-electron chi connectivity index (χ3n) is 3.05. The van der Waals surface area contributed by atoms with Gasteiger partial charge in [-0.3, -0.25) is 19.4 Å². The fourth-order valence-corrected chi connectivity index (χ4v) is 1.78. The monoisotopic (exact) mass is 288 g/mol. The van der Waals surface area contributed by atoms with Gasteiger partial charge in [-0.2, -0.15) is 5.10 Å². The Morgan fingerprint density at radius 2 is 1.90 bits per heavy atom. The molecule has 0 aliphatic heterocycles. The fraction of sp³-hybridized carbons (Fsp3) is 0.214. The van der Waals surface area contributed by atoms with Crippen molar-refractivity contribution in [2.24, 2.45) is 19.2 Å². The van der Waals surface area contributed by atoms with Crippen LogP contribution in [0, 0.1) is 0 Å². The van der Waals surface area contributed by atoms with Crippen molar-refractivity contribution in [3.05, 3.63) is 56.7 Å². The van der Waals surface area contributed by atoms with Crippen molar-refractivity contribution >= 4 is 12.0 Å². The van der Waals surface area contributed by atoms with Crippen molar-refractivity contribution in [2.75, 3.05) is 12.5 Å². The van der Waals surface area contributed by atoms with Crippen LogP contribution in [0.15, 0.2) is 45.0 Å². The highest BCUT2D eigenvalue weighted by Crippen LogP contribution is 2.14. The van der Waals surface area contributed by atoms with Gasteiger partial charge in [0, 0.05) is 25.7 Å². The second kappa shape index (κ2) is 6.08. The number of methoxy groups -OCH3 is 1. The number of nitrogens with zero attached hydrogens (tertiary/aromatic N) is 3. The molecule has 0 saturated heterocycles. The molecule has 0 atom stereocenters. The van der Waals surface area contributed by atoms with E-state index in [-0.39, 0.29) is 0 Å². The largest absolute Gasteiger partial charge is 0.496 e. The van der Waals surface area contributed by atoms with Crippen LogP contribution in [0.5, 0.6) is 5.75 Å². The molecule has 1 N–H and O–H groups in total. The van der Waals surface area contributed by atoms with Crippen LogP contribution >= 0.6 is 0 Å². The number of hydrazone groups is 1. The Morgan fingerprint density at radius 1 is 1.19 bits per heavy atom. The molecule has 1 aromatic carbocycles. The van der Waals surface area contributed by atoms with Gasteiger partial charge in [0.25, 0.3) is 5.56 Å². The Labute approximate surface area is 121 Å². The van der Waals surface area contributed by atoms with Crippen molar-refractivity contribution in [3.63, 3.8) is 0 Å². The van der Waals surface area contributed by atoms with E-state index in [0.717, 1.165) is 10.1 Å². The molecule has 1 aromatic heterocycles. The summed E-state index contributed by atoms with van der Waals surface area (Å²) in [7, 11) is 4.56. The molecule has 0 aliphatic rings. The standard InChI is InChI=1S/C14H16N4O3/c1-17-12(8-13(19)18(2)14(17)20)16-15-9-10-6-4-5-7-11(10)21-3/h4-9,16H,1-3H3. The lowest BCUT2D eigenvalue weighted by atomic mass is 10.2. The highest BCUT2D eigenvalue weighted by atomic mass is 16.5. The van der Waals surface area contributed by atoms with E-state index in [9.17, 15) is 9.59 Å². The number of nitrogens with one attached hydrogen (secondary N) is 1. The van der Waals surface area contributed by atoms with E-state index in [0.29, 0.717) is 11.6 Å². The van der Waals surface area contributed by atoms with E-state index in [2.05, 4.69) is 10.5 Å². The molecule has 7 heteroatoms. The van der Waals surface area contributed by atoms with E-state index >= 15 is 0 Å². The first kappa shape index (κ1) is 14.6. The SMILES string of the molecule is COc1ccccc1C=NNc1cc(=O)n(C)c(=O)n1C. The van der Waals surface area contributed by atoms with Gasteiger partial charge in [0.1, 0.15) is 11.6 Å². The van der Waals surface area contributed by atoms with Crippen molar-refractivity contribution in [1.29, 1.82) is 0 Å². The fourth-order valence-electron chi connectivity index (χ4n) is 1.78. The molecule has 0 fully saturated rings. The third-order valence-corrected chi connectivity index (χ3v) is 3.05. The summed E-state index contributed by atoms with van der Waals surface area (Å²) in [6, 6.07) is 8.68. The number of ether oxygens (including phenoxy) is 1. The minimum atomic E-state index is -0.419. The second-order valence-electron chi connectivity index (χ2n) is 4.38. The van der Waals surface area contributed by atoms with Crippen LogP contribution in [0.2, 0.25) is 0 Å². The van der Waals surface area contributed by atoms with E-state index < -0.39 is 11.2 Å². The molecule has 0 unspecified atom stereocenters. The minimum Gasteiger partial charge on any atom is -0.496 e. The van der Waals surface area contributed by atoms with Gasteiger partial charge in [-0.15, -0.1) is 0 Å². The third kappa shape index (κ3) is 3.02. The first-order valence-corrected chi connectivity index (χ1v) is 6.23. The van der Waals surface area contributed by atoms with Crippen molar-refractivity contribution in [2.45, 2.75) is 0 Å². The highest BCUT2D eigenvalue weighted by molar-refractivity contribution is 5.83. The minimum absolute atomic E-state index is 0.314. The summed E-state index contributed by atoms with van der Waals surface area (Å²) in [6.07, 6.45) is 1.56. The zero-order valence-corrected chi connectivity index (χ0v) is 12.0. The van der Waals surface area contributed by atoms with Crippen LogP contribution in [0.25, 0.3) is 0 Å². The van der Waals surface area contributed by atoms with Crippen molar-refractivity contribution in [1.82, 2.24) is 9.13 Å². The lowest BCUT2D eigenvalue weighted by Crippen LogP contribution is -2.37. The van der Waals surface area contributed by atoms with E-state index in [1.807, 2.05) is 24.3 Å². The average molecular weight is 288 g/mol. The van der Waals surface area contributed by atoms with Crippen LogP contribution in [0.1, 0.15) is 5.56 Å². The quantitative estimate of drug-likeness (QED) is 0.658. The second-order valence-corrected chi connectivity index (χ2v) is 4.38. The molecule has 0 radical (unpaired) electrons. The molecule has 0 bridgehead atoms. The van der Waals surface area contributed by atoms with Gasteiger partial charge in [0.05, 0.1) is 13.3 Å². The van der Waals surface area contributed by atoms with E-state index in [1.165, 1.54) is 17.7 Å². The molecule has 0 amide bonds. The lowest BCUT2D eigenvalue weighted by Gasteiger charge is -2.08. The Bertz CT molecular complexity index is 790. The molecule has 1 heterocycles. The number of hydrogen-bond donors (Lipinski definition) is 1. The van der Waals surface area contributed by atoms with Gasteiger partial charge < -0.3 is 4.74 Å². The maximum absolute atomic E-state index is 11.8. The predicted octanol–water partition coefficient (Wildman–Crippen LogP) is 0.539. The van der Waals surface area contributed by atoms with Gasteiger partial charge in [-0.1, -0.05) is 12.1 Å². The van der Waals surface area contributed by atoms with Crippen LogP contribution in [0.3, 0.4) is 0 Å². The van der Waals surface area contributed by atoms with Gasteiger partial charge in [0.2, 0.25) is 0 Å². The maximum atomic E-state index is 11.8. The van der Waals surface area contributed by atoms with Gasteiger partial charge >= 0.3 is 5.69 Å².